The zero-order chi connectivity index (χ0) is 15.6. The van der Waals surface area contributed by atoms with Crippen molar-refractivity contribution in [1.82, 2.24) is 19.8 Å². The Hall–Kier alpha value is -1.69. The number of carbonyl (C=O) groups excluding carboxylic acids is 1. The van der Waals surface area contributed by atoms with Gasteiger partial charge in [-0.1, -0.05) is 0 Å². The number of urea groups is 1. The molecule has 1 unspecified atom stereocenters. The average Bonchev–Trinajstić information content (AvgIpc) is 3.24. The van der Waals surface area contributed by atoms with Crippen LogP contribution in [0.25, 0.3) is 0 Å². The molecule has 6 nitrogen and oxygen atoms in total. The fourth-order valence-corrected chi connectivity index (χ4v) is 3.95. The van der Waals surface area contributed by atoms with E-state index in [1.165, 1.54) is 5.56 Å². The third kappa shape index (κ3) is 2.92. The lowest BCUT2D eigenvalue weighted by Gasteiger charge is -2.26. The largest absolute Gasteiger partial charge is 0.381 e. The number of ether oxygens (including phenoxy) is 1. The predicted octanol–water partition coefficient (Wildman–Crippen LogP) is 1.60. The maximum absolute atomic E-state index is 12.6. The summed E-state index contributed by atoms with van der Waals surface area (Å²) in [7, 11) is 0. The molecule has 6 heteroatoms. The average molecular weight is 316 g/mol. The topological polar surface area (TPSA) is 58.6 Å². The molecule has 0 aromatic carbocycles. The molecule has 4 heterocycles. The number of hydrogen-bond acceptors (Lipinski definition) is 4. The summed E-state index contributed by atoms with van der Waals surface area (Å²) in [5, 5.41) is 0. The molecule has 0 spiro atoms. The number of amides is 2. The van der Waals surface area contributed by atoms with Gasteiger partial charge in [0.15, 0.2) is 0 Å². The Balaban J connectivity index is 1.52. The Morgan fingerprint density at radius 2 is 1.87 bits per heavy atom. The van der Waals surface area contributed by atoms with Crippen molar-refractivity contribution in [1.29, 1.82) is 0 Å². The van der Waals surface area contributed by atoms with Crippen molar-refractivity contribution in [2.45, 2.75) is 38.0 Å². The molecule has 2 fully saturated rings. The summed E-state index contributed by atoms with van der Waals surface area (Å²) < 4.78 is 5.53. The van der Waals surface area contributed by atoms with Crippen LogP contribution in [0.15, 0.2) is 6.33 Å². The lowest BCUT2D eigenvalue weighted by atomic mass is 9.96. The molecule has 1 aromatic heterocycles. The van der Waals surface area contributed by atoms with E-state index in [-0.39, 0.29) is 6.03 Å². The number of likely N-dealkylation sites (tertiary alicyclic amines) is 1. The molecule has 0 saturated carbocycles. The standard InChI is InChI=1S/C17H24N4O2/c22-17(20-6-1-2-7-20)21-8-3-14-15(4-9-21)18-12-19-16(14)13-5-10-23-11-13/h12-13H,1-11H2. The summed E-state index contributed by atoms with van der Waals surface area (Å²) in [4.78, 5) is 25.7. The minimum absolute atomic E-state index is 0.203. The summed E-state index contributed by atoms with van der Waals surface area (Å²) in [6, 6.07) is 0.203. The minimum atomic E-state index is 0.203. The van der Waals surface area contributed by atoms with Gasteiger partial charge in [-0.15, -0.1) is 0 Å². The molecule has 23 heavy (non-hydrogen) atoms. The number of aromatic nitrogens is 2. The zero-order valence-corrected chi connectivity index (χ0v) is 13.5. The van der Waals surface area contributed by atoms with Crippen LogP contribution < -0.4 is 0 Å². The Morgan fingerprint density at radius 3 is 2.65 bits per heavy atom. The second-order valence-corrected chi connectivity index (χ2v) is 6.71. The third-order valence-corrected chi connectivity index (χ3v) is 5.28. The van der Waals surface area contributed by atoms with E-state index >= 15 is 0 Å². The molecule has 1 atom stereocenters. The minimum Gasteiger partial charge on any atom is -0.381 e. The van der Waals surface area contributed by atoms with Crippen LogP contribution in [0.4, 0.5) is 4.79 Å². The predicted molar refractivity (Wildman–Crippen MR) is 85.4 cm³/mol. The molecule has 0 N–H and O–H groups in total. The van der Waals surface area contributed by atoms with Gasteiger partial charge in [-0.2, -0.15) is 0 Å². The molecule has 1 aromatic rings. The van der Waals surface area contributed by atoms with Gasteiger partial charge in [0.2, 0.25) is 0 Å². The maximum Gasteiger partial charge on any atom is 0.320 e. The van der Waals surface area contributed by atoms with Gasteiger partial charge in [0.25, 0.3) is 0 Å². The lowest BCUT2D eigenvalue weighted by molar-refractivity contribution is 0.164. The van der Waals surface area contributed by atoms with E-state index < -0.39 is 0 Å². The number of hydrogen-bond donors (Lipinski definition) is 0. The second-order valence-electron chi connectivity index (χ2n) is 6.71. The van der Waals surface area contributed by atoms with E-state index in [2.05, 4.69) is 9.97 Å². The Bertz CT molecular complexity index is 580. The van der Waals surface area contributed by atoms with Gasteiger partial charge in [0.05, 0.1) is 12.3 Å². The highest BCUT2D eigenvalue weighted by molar-refractivity contribution is 5.74. The summed E-state index contributed by atoms with van der Waals surface area (Å²) in [5.41, 5.74) is 3.54. The Labute approximate surface area is 136 Å². The smallest absolute Gasteiger partial charge is 0.320 e. The molecular formula is C17H24N4O2. The second kappa shape index (κ2) is 6.43. The van der Waals surface area contributed by atoms with Crippen LogP contribution in [0.1, 0.15) is 42.1 Å². The highest BCUT2D eigenvalue weighted by Crippen LogP contribution is 2.29. The highest BCUT2D eigenvalue weighted by Gasteiger charge is 2.29. The van der Waals surface area contributed by atoms with Crippen LogP contribution in [-0.2, 0) is 17.6 Å². The van der Waals surface area contributed by atoms with Crippen molar-refractivity contribution in [3.05, 3.63) is 23.3 Å². The quantitative estimate of drug-likeness (QED) is 0.789. The first-order valence-corrected chi connectivity index (χ1v) is 8.77. The fourth-order valence-electron chi connectivity index (χ4n) is 3.95. The molecule has 124 valence electrons. The first-order valence-electron chi connectivity index (χ1n) is 8.77. The number of fused-ring (bicyclic) bond motifs is 1. The van der Waals surface area contributed by atoms with Crippen LogP contribution >= 0.6 is 0 Å². The van der Waals surface area contributed by atoms with Gasteiger partial charge in [0.1, 0.15) is 6.33 Å². The first kappa shape index (κ1) is 14.9. The van der Waals surface area contributed by atoms with Gasteiger partial charge in [0, 0.05) is 50.8 Å². The van der Waals surface area contributed by atoms with E-state index in [0.717, 1.165) is 82.9 Å². The number of rotatable bonds is 1. The normalized spacial score (nSPS) is 24.6. The van der Waals surface area contributed by atoms with Gasteiger partial charge in [-0.25, -0.2) is 14.8 Å². The van der Waals surface area contributed by atoms with E-state index in [1.54, 1.807) is 6.33 Å². The molecular weight excluding hydrogens is 292 g/mol. The summed E-state index contributed by atoms with van der Waals surface area (Å²) in [6.45, 7) is 4.94. The van der Waals surface area contributed by atoms with Gasteiger partial charge >= 0.3 is 6.03 Å². The van der Waals surface area contributed by atoms with E-state index in [9.17, 15) is 4.79 Å². The van der Waals surface area contributed by atoms with Gasteiger partial charge in [-0.3, -0.25) is 0 Å². The van der Waals surface area contributed by atoms with E-state index in [0.29, 0.717) is 5.92 Å². The van der Waals surface area contributed by atoms with Crippen LogP contribution in [0.3, 0.4) is 0 Å². The monoisotopic (exact) mass is 316 g/mol. The van der Waals surface area contributed by atoms with Crippen LogP contribution in [0.2, 0.25) is 0 Å². The van der Waals surface area contributed by atoms with E-state index in [1.807, 2.05) is 9.80 Å². The third-order valence-electron chi connectivity index (χ3n) is 5.28. The molecule has 2 amide bonds. The maximum atomic E-state index is 12.6. The van der Waals surface area contributed by atoms with Crippen LogP contribution in [0, 0.1) is 0 Å². The van der Waals surface area contributed by atoms with Crippen LogP contribution in [-0.4, -0.2) is 65.2 Å². The molecule has 0 aliphatic carbocycles. The summed E-state index contributed by atoms with van der Waals surface area (Å²) >= 11 is 0. The van der Waals surface area contributed by atoms with Crippen molar-refractivity contribution in [2.75, 3.05) is 39.4 Å². The first-order chi connectivity index (χ1) is 11.3. The number of nitrogens with zero attached hydrogens (tertiary/aromatic N) is 4. The zero-order valence-electron chi connectivity index (χ0n) is 13.5. The van der Waals surface area contributed by atoms with Gasteiger partial charge in [-0.05, 0) is 31.2 Å². The molecule has 0 radical (unpaired) electrons. The van der Waals surface area contributed by atoms with Crippen molar-refractivity contribution >= 4 is 6.03 Å². The van der Waals surface area contributed by atoms with Crippen molar-refractivity contribution in [3.8, 4) is 0 Å². The summed E-state index contributed by atoms with van der Waals surface area (Å²) in [6.07, 6.45) is 6.69. The molecule has 3 aliphatic rings. The SMILES string of the molecule is O=C(N1CCCC1)N1CCc2ncnc(C3CCOC3)c2CC1. The highest BCUT2D eigenvalue weighted by atomic mass is 16.5. The Morgan fingerprint density at radius 1 is 1.09 bits per heavy atom. The molecule has 0 bridgehead atoms. The molecule has 4 rings (SSSR count). The van der Waals surface area contributed by atoms with Crippen molar-refractivity contribution < 1.29 is 9.53 Å². The summed E-state index contributed by atoms with van der Waals surface area (Å²) in [5.74, 6) is 0.396. The van der Waals surface area contributed by atoms with E-state index in [4.69, 9.17) is 4.74 Å². The molecule has 2 saturated heterocycles. The lowest BCUT2D eigenvalue weighted by Crippen LogP contribution is -2.43. The Kier molecular flexibility index (Phi) is 4.16. The molecule has 3 aliphatic heterocycles. The van der Waals surface area contributed by atoms with Crippen molar-refractivity contribution in [2.24, 2.45) is 0 Å². The van der Waals surface area contributed by atoms with Crippen molar-refractivity contribution in [3.63, 3.8) is 0 Å². The van der Waals surface area contributed by atoms with Gasteiger partial charge < -0.3 is 14.5 Å². The fraction of sp³-hybridized carbons (Fsp3) is 0.706. The van der Waals surface area contributed by atoms with Crippen LogP contribution in [0.5, 0.6) is 0 Å². The number of carbonyl (C=O) groups is 1.